The van der Waals surface area contributed by atoms with E-state index in [1.54, 1.807) is 0 Å². The average molecular weight is 252 g/mol. The summed E-state index contributed by atoms with van der Waals surface area (Å²) in [5.41, 5.74) is 0. The quantitative estimate of drug-likeness (QED) is 0.160. The summed E-state index contributed by atoms with van der Waals surface area (Å²) in [5, 5.41) is 45.5. The Morgan fingerprint density at radius 2 is 1.00 bits per heavy atom. The van der Waals surface area contributed by atoms with E-state index < -0.39 is 11.9 Å². The van der Waals surface area contributed by atoms with Crippen LogP contribution in [0.15, 0.2) is 0 Å². The zero-order chi connectivity index (χ0) is 13.3. The molecule has 0 aromatic heterocycles. The fraction of sp³-hybridized carbons (Fsp3) is 0.500. The fourth-order valence-electron chi connectivity index (χ4n) is 0. The van der Waals surface area contributed by atoms with Crippen LogP contribution < -0.4 is 0 Å². The number of hydrogen-bond acceptors (Lipinski definition) is 9. The molecular weight excluding hydrogens is 240 g/mol. The molecule has 0 spiro atoms. The first-order valence-corrected chi connectivity index (χ1v) is 2.77. The lowest BCUT2D eigenvalue weighted by atomic mass is 10.7. The number of aliphatic hydroxyl groups is 2. The van der Waals surface area contributed by atoms with Gasteiger partial charge in [-0.05, 0) is 0 Å². The first-order valence-electron chi connectivity index (χ1n) is 2.77. The molecule has 0 heterocycles. The van der Waals surface area contributed by atoms with E-state index in [1.165, 1.54) is 0 Å². The predicted octanol–water partition coefficient (Wildman–Crippen LogP) is -2.68. The second-order valence-corrected chi connectivity index (χ2v) is 1.14. The summed E-state index contributed by atoms with van der Waals surface area (Å²) in [7, 11) is 0. The molecule has 100 valence electrons. The predicted molar refractivity (Wildman–Crippen MR) is 46.1 cm³/mol. The van der Waals surface area contributed by atoms with Crippen molar-refractivity contribution in [1.82, 2.24) is 0 Å². The van der Waals surface area contributed by atoms with Gasteiger partial charge in [-0.1, -0.05) is 5.04 Å². The van der Waals surface area contributed by atoms with Crippen molar-refractivity contribution < 1.29 is 51.0 Å². The maximum atomic E-state index is 9.10. The Balaban J connectivity index is -0.0000000358. The molecule has 0 aliphatic heterocycles. The maximum absolute atomic E-state index is 9.10. The van der Waals surface area contributed by atoms with Gasteiger partial charge in [0.15, 0.2) is 0 Å². The summed E-state index contributed by atoms with van der Waals surface area (Å²) in [6.07, 6.45) is 0. The lowest BCUT2D eigenvalue weighted by molar-refractivity contribution is -0.465. The van der Waals surface area contributed by atoms with Crippen molar-refractivity contribution in [3.05, 3.63) is 9.93 Å². The Bertz CT molecular complexity index is 119. The molecule has 0 aliphatic rings. The van der Waals surface area contributed by atoms with Crippen LogP contribution in [0.4, 0.5) is 0 Å². The topological polar surface area (TPSA) is 230 Å². The molecule has 12 nitrogen and oxygen atoms in total. The van der Waals surface area contributed by atoms with E-state index in [2.05, 4.69) is 5.04 Å². The Labute approximate surface area is 87.3 Å². The van der Waals surface area contributed by atoms with Gasteiger partial charge in [0.1, 0.15) is 0 Å². The number of carboxylic acid groups (broad SMARTS) is 2. The van der Waals surface area contributed by atoms with Crippen molar-refractivity contribution in [2.24, 2.45) is 0 Å². The lowest BCUT2D eigenvalue weighted by Gasteiger charge is -1.72. The van der Waals surface area contributed by atoms with Crippen LogP contribution in [0.25, 0.3) is 0 Å². The summed E-state index contributed by atoms with van der Waals surface area (Å²) < 4.78 is 0. The minimum Gasteiger partial charge on any atom is -0.473 e. The SMILES string of the molecule is O.O=C(O)C(=O)O.O=O.OCCO.OOO. The summed E-state index contributed by atoms with van der Waals surface area (Å²) in [4.78, 5) is 32.2. The first kappa shape index (κ1) is 29.2. The summed E-state index contributed by atoms with van der Waals surface area (Å²) in [5.74, 6) is -3.65. The van der Waals surface area contributed by atoms with Crippen molar-refractivity contribution in [2.75, 3.05) is 13.2 Å². The molecule has 0 aromatic carbocycles. The third-order valence-electron chi connectivity index (χ3n) is 0.283. The van der Waals surface area contributed by atoms with Gasteiger partial charge in [0, 0.05) is 9.93 Å². The molecule has 0 unspecified atom stereocenters. The third kappa shape index (κ3) is 144. The van der Waals surface area contributed by atoms with Crippen LogP contribution >= 0.6 is 0 Å². The number of aliphatic hydroxyl groups excluding tert-OH is 2. The lowest BCUT2D eigenvalue weighted by Crippen LogP contribution is -2.09. The van der Waals surface area contributed by atoms with E-state index in [0.717, 1.165) is 0 Å². The van der Waals surface area contributed by atoms with Gasteiger partial charge in [-0.2, -0.15) is 0 Å². The van der Waals surface area contributed by atoms with E-state index in [4.69, 9.17) is 50.5 Å². The largest absolute Gasteiger partial charge is 0.473 e. The number of aliphatic carboxylic acids is 2. The van der Waals surface area contributed by atoms with Crippen LogP contribution in [0.3, 0.4) is 0 Å². The molecule has 16 heavy (non-hydrogen) atoms. The smallest absolute Gasteiger partial charge is 0.414 e. The van der Waals surface area contributed by atoms with Gasteiger partial charge in [-0.15, -0.1) is 0 Å². The van der Waals surface area contributed by atoms with Gasteiger partial charge in [0.2, 0.25) is 0 Å². The van der Waals surface area contributed by atoms with Gasteiger partial charge >= 0.3 is 11.9 Å². The molecular formula is C4H12O12. The second-order valence-electron chi connectivity index (χ2n) is 1.14. The van der Waals surface area contributed by atoms with E-state index >= 15 is 0 Å². The number of rotatable bonds is 1. The van der Waals surface area contributed by atoms with Crippen molar-refractivity contribution in [1.29, 1.82) is 0 Å². The number of hydrogen-bond donors (Lipinski definition) is 6. The van der Waals surface area contributed by atoms with E-state index in [1.807, 2.05) is 0 Å². The van der Waals surface area contributed by atoms with Crippen molar-refractivity contribution in [2.45, 2.75) is 0 Å². The third-order valence-corrected chi connectivity index (χ3v) is 0.283. The molecule has 12 heteroatoms. The van der Waals surface area contributed by atoms with Crippen molar-refractivity contribution in [3.8, 4) is 0 Å². The molecule has 0 bridgehead atoms. The van der Waals surface area contributed by atoms with Gasteiger partial charge in [0.05, 0.1) is 13.2 Å². The van der Waals surface area contributed by atoms with Crippen molar-refractivity contribution in [3.63, 3.8) is 0 Å². The van der Waals surface area contributed by atoms with E-state index in [0.29, 0.717) is 0 Å². The van der Waals surface area contributed by atoms with Crippen LogP contribution in [0.1, 0.15) is 0 Å². The Morgan fingerprint density at radius 3 is 1.00 bits per heavy atom. The summed E-state index contributed by atoms with van der Waals surface area (Å²) in [6.45, 7) is -0.250. The minimum absolute atomic E-state index is 0. The Morgan fingerprint density at radius 1 is 0.875 bits per heavy atom. The summed E-state index contributed by atoms with van der Waals surface area (Å²) in [6, 6.07) is 0. The standard InChI is InChI=1S/C2H2O4.C2H6O2.H2O3.O2.H2O/c3-1(4)2(5)6;3-1-2-4;1-3-2;1-2;/h(H,3,4)(H,5,6);3-4H,1-2H2;1-2H;;1H2. The van der Waals surface area contributed by atoms with E-state index in [-0.39, 0.29) is 18.7 Å². The highest BCUT2D eigenvalue weighted by Crippen LogP contribution is 1.56. The summed E-state index contributed by atoms with van der Waals surface area (Å²) >= 11 is 0. The highest BCUT2D eigenvalue weighted by atomic mass is 17.4. The zero-order valence-corrected chi connectivity index (χ0v) is 7.64. The number of carbonyl (C=O) groups is 2. The fourth-order valence-corrected chi connectivity index (χ4v) is 0. The van der Waals surface area contributed by atoms with Gasteiger partial charge in [-0.3, -0.25) is 0 Å². The molecule has 0 rings (SSSR count). The molecule has 0 radical (unpaired) electrons. The molecule has 0 aromatic rings. The Kier molecular flexibility index (Phi) is 69.0. The van der Waals surface area contributed by atoms with Crippen molar-refractivity contribution >= 4 is 11.9 Å². The molecule has 0 saturated carbocycles. The maximum Gasteiger partial charge on any atom is 0.414 e. The van der Waals surface area contributed by atoms with Crippen LogP contribution in [-0.4, -0.2) is 61.6 Å². The number of carboxylic acids is 2. The van der Waals surface area contributed by atoms with Crippen LogP contribution in [0.5, 0.6) is 0 Å². The molecule has 0 fully saturated rings. The van der Waals surface area contributed by atoms with Gasteiger partial charge in [0.25, 0.3) is 0 Å². The average Bonchev–Trinajstić information content (AvgIpc) is 2.22. The molecule has 8 N–H and O–H groups in total. The monoisotopic (exact) mass is 252 g/mol. The van der Waals surface area contributed by atoms with E-state index in [9.17, 15) is 0 Å². The molecule has 0 amide bonds. The highest BCUT2D eigenvalue weighted by molar-refractivity contribution is 6.27. The van der Waals surface area contributed by atoms with Crippen LogP contribution in [0, 0.1) is 9.93 Å². The highest BCUT2D eigenvalue weighted by Gasteiger charge is 2.04. The first-order chi connectivity index (χ1) is 6.97. The van der Waals surface area contributed by atoms with Gasteiger partial charge in [-0.25, -0.2) is 20.1 Å². The Hall–Kier alpha value is -1.70. The normalized spacial score (nSPS) is 6.00. The van der Waals surface area contributed by atoms with Crippen LogP contribution in [0.2, 0.25) is 0 Å². The molecule has 0 saturated heterocycles. The molecule has 0 atom stereocenters. The van der Waals surface area contributed by atoms with Gasteiger partial charge < -0.3 is 25.9 Å². The molecule has 0 aliphatic carbocycles. The zero-order valence-electron chi connectivity index (χ0n) is 7.64. The second kappa shape index (κ2) is 37.8. The minimum atomic E-state index is -1.82. The van der Waals surface area contributed by atoms with Crippen LogP contribution in [-0.2, 0) is 14.6 Å².